The molecule has 0 aromatic heterocycles. The molecule has 1 fully saturated rings. The van der Waals surface area contributed by atoms with Crippen LogP contribution in [0.25, 0.3) is 0 Å². The van der Waals surface area contributed by atoms with Crippen molar-refractivity contribution in [1.29, 1.82) is 0 Å². The SMILES string of the molecule is Fc1ccc2c(c1C(F)F)OC(C1CC[CH-]CC1)CC2.[Rb+]. The monoisotopic (exact) mass is 368 g/mol. The van der Waals surface area contributed by atoms with E-state index in [9.17, 15) is 13.2 Å². The summed E-state index contributed by atoms with van der Waals surface area (Å²) in [5.41, 5.74) is 0.148. The summed E-state index contributed by atoms with van der Waals surface area (Å²) in [6, 6.07) is 2.70. The van der Waals surface area contributed by atoms with Crippen molar-refractivity contribution in [3.05, 3.63) is 35.5 Å². The van der Waals surface area contributed by atoms with Gasteiger partial charge in [-0.2, -0.15) is 12.8 Å². The summed E-state index contributed by atoms with van der Waals surface area (Å²) < 4.78 is 45.6. The molecule has 1 aliphatic carbocycles. The molecule has 1 aromatic carbocycles. The summed E-state index contributed by atoms with van der Waals surface area (Å²) in [7, 11) is 0. The molecule has 2 aliphatic rings. The van der Waals surface area contributed by atoms with Crippen molar-refractivity contribution in [3.63, 3.8) is 0 Å². The summed E-state index contributed by atoms with van der Waals surface area (Å²) in [6.07, 6.45) is 5.12. The van der Waals surface area contributed by atoms with Crippen LogP contribution >= 0.6 is 0 Å². The van der Waals surface area contributed by atoms with Gasteiger partial charge in [-0.15, -0.1) is 0 Å². The van der Waals surface area contributed by atoms with Gasteiger partial charge in [-0.05, 0) is 30.4 Å². The fraction of sp³-hybridized carbons (Fsp3) is 0.562. The predicted molar refractivity (Wildman–Crippen MR) is 70.4 cm³/mol. The standard InChI is InChI=1S/C16H18F3O.Rb/c17-12-8-6-11-7-9-13(10-4-2-1-3-5-10)20-15(11)14(12)16(18)19;/h1,6,8,10,13,16H,2-5,7,9H2;/q-1;+1. The van der Waals surface area contributed by atoms with Gasteiger partial charge >= 0.3 is 58.2 Å². The van der Waals surface area contributed by atoms with Gasteiger partial charge in [0.05, 0.1) is 5.56 Å². The fourth-order valence-electron chi connectivity index (χ4n) is 3.32. The molecule has 0 N–H and O–H groups in total. The average Bonchev–Trinajstić information content (AvgIpc) is 2.47. The molecule has 110 valence electrons. The van der Waals surface area contributed by atoms with E-state index in [1.807, 2.05) is 0 Å². The van der Waals surface area contributed by atoms with Crippen molar-refractivity contribution in [3.8, 4) is 5.75 Å². The van der Waals surface area contributed by atoms with Crippen LogP contribution in [0, 0.1) is 18.2 Å². The van der Waals surface area contributed by atoms with Crippen molar-refractivity contribution >= 4 is 0 Å². The Balaban J connectivity index is 0.00000161. The Hall–Kier alpha value is 0.615. The number of fused-ring (bicyclic) bond motifs is 1. The van der Waals surface area contributed by atoms with Crippen LogP contribution in [0.2, 0.25) is 0 Å². The second-order valence-electron chi connectivity index (χ2n) is 5.65. The zero-order valence-electron chi connectivity index (χ0n) is 12.2. The molecule has 1 aromatic rings. The van der Waals surface area contributed by atoms with Crippen molar-refractivity contribution < 1.29 is 76.1 Å². The second kappa shape index (κ2) is 7.94. The topological polar surface area (TPSA) is 9.23 Å². The van der Waals surface area contributed by atoms with Crippen LogP contribution < -0.4 is 62.9 Å². The number of benzene rings is 1. The van der Waals surface area contributed by atoms with Gasteiger partial charge in [0.15, 0.2) is 0 Å². The zero-order chi connectivity index (χ0) is 14.1. The molecule has 0 saturated heterocycles. The Kier molecular flexibility index (Phi) is 6.79. The van der Waals surface area contributed by atoms with Gasteiger partial charge in [-0.1, -0.05) is 18.9 Å². The van der Waals surface area contributed by atoms with Crippen molar-refractivity contribution in [2.24, 2.45) is 5.92 Å². The van der Waals surface area contributed by atoms with E-state index in [1.165, 1.54) is 0 Å². The molecular formula is C16H18F3ORb. The minimum Gasteiger partial charge on any atom is -0.489 e. The molecule has 21 heavy (non-hydrogen) atoms. The molecule has 1 unspecified atom stereocenters. The number of alkyl halides is 2. The number of hydrogen-bond acceptors (Lipinski definition) is 1. The van der Waals surface area contributed by atoms with Gasteiger partial charge in [-0.3, -0.25) is 0 Å². The molecule has 1 atom stereocenters. The Morgan fingerprint density at radius 3 is 2.52 bits per heavy atom. The van der Waals surface area contributed by atoms with E-state index >= 15 is 0 Å². The Morgan fingerprint density at radius 2 is 1.86 bits per heavy atom. The Morgan fingerprint density at radius 1 is 1.14 bits per heavy atom. The smallest absolute Gasteiger partial charge is 0.489 e. The van der Waals surface area contributed by atoms with Crippen LogP contribution in [0.15, 0.2) is 12.1 Å². The Labute approximate surface area is 172 Å². The van der Waals surface area contributed by atoms with Crippen LogP contribution in [0.5, 0.6) is 5.75 Å². The normalized spacial score (nSPS) is 22.4. The van der Waals surface area contributed by atoms with Gasteiger partial charge in [0.2, 0.25) is 0 Å². The maximum atomic E-state index is 13.6. The van der Waals surface area contributed by atoms with Crippen LogP contribution in [0.1, 0.15) is 49.7 Å². The molecule has 0 bridgehead atoms. The number of halogens is 3. The van der Waals surface area contributed by atoms with Gasteiger partial charge in [0.1, 0.15) is 17.7 Å². The molecule has 1 heterocycles. The first kappa shape index (κ1) is 18.0. The first-order valence-electron chi connectivity index (χ1n) is 7.24. The summed E-state index contributed by atoms with van der Waals surface area (Å²) in [5.74, 6) is -0.357. The molecule has 5 heteroatoms. The summed E-state index contributed by atoms with van der Waals surface area (Å²) in [6.45, 7) is 0. The number of hydrogen-bond donors (Lipinski definition) is 0. The van der Waals surface area contributed by atoms with Crippen molar-refractivity contribution in [2.45, 2.75) is 51.1 Å². The van der Waals surface area contributed by atoms with E-state index in [0.29, 0.717) is 17.9 Å². The molecule has 0 radical (unpaired) electrons. The second-order valence-corrected chi connectivity index (χ2v) is 5.65. The third kappa shape index (κ3) is 3.93. The van der Waals surface area contributed by atoms with Crippen molar-refractivity contribution in [2.75, 3.05) is 0 Å². The van der Waals surface area contributed by atoms with Crippen molar-refractivity contribution in [1.82, 2.24) is 0 Å². The van der Waals surface area contributed by atoms with Gasteiger partial charge in [0, 0.05) is 0 Å². The van der Waals surface area contributed by atoms with E-state index in [-0.39, 0.29) is 70.0 Å². The third-order valence-electron chi connectivity index (χ3n) is 4.42. The number of rotatable bonds is 2. The molecule has 3 rings (SSSR count). The molecule has 1 nitrogen and oxygen atoms in total. The van der Waals surface area contributed by atoms with E-state index < -0.39 is 17.8 Å². The van der Waals surface area contributed by atoms with E-state index in [2.05, 4.69) is 6.42 Å². The molecule has 0 spiro atoms. The zero-order valence-corrected chi connectivity index (χ0v) is 17.2. The van der Waals surface area contributed by atoms with Crippen LogP contribution in [-0.4, -0.2) is 6.10 Å². The third-order valence-corrected chi connectivity index (χ3v) is 4.42. The summed E-state index contributed by atoms with van der Waals surface area (Å²) >= 11 is 0. The maximum Gasteiger partial charge on any atom is 1.00 e. The van der Waals surface area contributed by atoms with Gasteiger partial charge in [0.25, 0.3) is 6.43 Å². The minimum absolute atomic E-state index is 0. The Bertz CT molecular complexity index is 487. The first-order valence-corrected chi connectivity index (χ1v) is 7.24. The molecule has 1 aliphatic heterocycles. The first-order chi connectivity index (χ1) is 9.66. The fourth-order valence-corrected chi connectivity index (χ4v) is 3.32. The molecule has 1 saturated carbocycles. The average molecular weight is 369 g/mol. The van der Waals surface area contributed by atoms with E-state index in [1.54, 1.807) is 6.07 Å². The maximum absolute atomic E-state index is 13.6. The van der Waals surface area contributed by atoms with Crippen LogP contribution in [0.4, 0.5) is 13.2 Å². The van der Waals surface area contributed by atoms with Crippen LogP contribution in [-0.2, 0) is 6.42 Å². The number of aryl methyl sites for hydroxylation is 1. The molecule has 0 amide bonds. The van der Waals surface area contributed by atoms with Gasteiger partial charge < -0.3 is 11.2 Å². The van der Waals surface area contributed by atoms with Crippen LogP contribution in [0.3, 0.4) is 0 Å². The quantitative estimate of drug-likeness (QED) is 0.724. The van der Waals surface area contributed by atoms with E-state index in [0.717, 1.165) is 38.2 Å². The van der Waals surface area contributed by atoms with E-state index in [4.69, 9.17) is 4.74 Å². The largest absolute Gasteiger partial charge is 1.00 e. The summed E-state index contributed by atoms with van der Waals surface area (Å²) in [4.78, 5) is 0. The molecular weight excluding hydrogens is 351 g/mol. The predicted octanol–water partition coefficient (Wildman–Crippen LogP) is 1.86. The summed E-state index contributed by atoms with van der Waals surface area (Å²) in [5, 5.41) is 0. The van der Waals surface area contributed by atoms with Gasteiger partial charge in [-0.25, -0.2) is 13.2 Å². The number of ether oxygens (including phenoxy) is 1. The minimum atomic E-state index is -2.83.